The molecule has 1 aromatic carbocycles. The first-order chi connectivity index (χ1) is 18.7. The maximum Gasteiger partial charge on any atom is 0.326 e. The Kier molecular flexibility index (Phi) is 13.9. The average molecular weight is 566 g/mol. The van der Waals surface area contributed by atoms with Gasteiger partial charge in [0.15, 0.2) is 5.96 Å². The largest absolute Gasteiger partial charge is 0.508 e. The fraction of sp³-hybridized carbons (Fsp3) is 0.520. The summed E-state index contributed by atoms with van der Waals surface area (Å²) in [6, 6.07) is 0.464. The molecular formula is C25H39N7O8. The van der Waals surface area contributed by atoms with E-state index in [0.29, 0.717) is 12.0 Å². The fourth-order valence-corrected chi connectivity index (χ4v) is 3.55. The number of carbonyl (C=O) groups excluding carboxylic acids is 3. The van der Waals surface area contributed by atoms with Crippen molar-refractivity contribution in [3.05, 3.63) is 29.8 Å². The van der Waals surface area contributed by atoms with E-state index in [4.69, 9.17) is 17.2 Å². The summed E-state index contributed by atoms with van der Waals surface area (Å²) in [5.74, 6) is -5.75. The van der Waals surface area contributed by atoms with Gasteiger partial charge in [-0.05, 0) is 36.5 Å². The number of guanidine groups is 1. The predicted molar refractivity (Wildman–Crippen MR) is 145 cm³/mol. The van der Waals surface area contributed by atoms with Gasteiger partial charge in [-0.3, -0.25) is 24.2 Å². The number of benzene rings is 1. The zero-order chi connectivity index (χ0) is 30.4. The first-order valence-corrected chi connectivity index (χ1v) is 12.7. The standard InChI is InChI=1S/C25H39N7O8/c1-3-13(2)20(26)23(38)31-17(12-19(34)35)22(37)30-16(5-4-10-29-25(27)28)21(36)32-18(24(39)40)11-14-6-8-15(33)9-7-14/h6-9,13,16-18,20,33H,3-5,10-12,26H2,1-2H3,(H,30,37)(H,31,38)(H,32,36)(H,34,35)(H,39,40)(H4,27,28,29). The van der Waals surface area contributed by atoms with E-state index < -0.39 is 60.2 Å². The smallest absolute Gasteiger partial charge is 0.326 e. The molecule has 0 aromatic heterocycles. The number of carboxylic acid groups (broad SMARTS) is 2. The molecule has 0 aliphatic carbocycles. The number of hydrogen-bond donors (Lipinski definition) is 9. The number of phenolic OH excluding ortho intramolecular Hbond substituents is 1. The van der Waals surface area contributed by atoms with Gasteiger partial charge in [0.2, 0.25) is 17.7 Å². The van der Waals surface area contributed by atoms with Gasteiger partial charge in [-0.25, -0.2) is 4.79 Å². The Morgan fingerprint density at radius 3 is 1.98 bits per heavy atom. The minimum Gasteiger partial charge on any atom is -0.508 e. The quantitative estimate of drug-likeness (QED) is 0.0587. The third-order valence-corrected chi connectivity index (χ3v) is 6.14. The minimum absolute atomic E-state index is 0.0173. The van der Waals surface area contributed by atoms with E-state index in [1.165, 1.54) is 24.3 Å². The third kappa shape index (κ3) is 12.0. The van der Waals surface area contributed by atoms with E-state index >= 15 is 0 Å². The highest BCUT2D eigenvalue weighted by atomic mass is 16.4. The molecule has 0 fully saturated rings. The number of hydrogen-bond acceptors (Lipinski definition) is 8. The van der Waals surface area contributed by atoms with Gasteiger partial charge in [0.25, 0.3) is 0 Å². The van der Waals surface area contributed by atoms with Gasteiger partial charge in [-0.1, -0.05) is 32.4 Å². The van der Waals surface area contributed by atoms with Gasteiger partial charge in [0.1, 0.15) is 23.9 Å². The summed E-state index contributed by atoms with van der Waals surface area (Å²) >= 11 is 0. The number of nitrogens with one attached hydrogen (secondary N) is 3. The third-order valence-electron chi connectivity index (χ3n) is 6.14. The fourth-order valence-electron chi connectivity index (χ4n) is 3.55. The van der Waals surface area contributed by atoms with Crippen LogP contribution in [0.3, 0.4) is 0 Å². The van der Waals surface area contributed by atoms with Crippen LogP contribution in [0.2, 0.25) is 0 Å². The molecule has 1 rings (SSSR count). The number of aliphatic carboxylic acids is 2. The molecule has 0 spiro atoms. The number of nitrogens with two attached hydrogens (primary N) is 3. The molecule has 0 bridgehead atoms. The van der Waals surface area contributed by atoms with Crippen molar-refractivity contribution in [2.45, 2.75) is 70.1 Å². The Hall–Kier alpha value is -4.40. The van der Waals surface area contributed by atoms with Crippen molar-refractivity contribution in [1.29, 1.82) is 0 Å². The lowest BCUT2D eigenvalue weighted by Crippen LogP contribution is -2.58. The Labute approximate surface area is 231 Å². The van der Waals surface area contributed by atoms with Crippen LogP contribution < -0.4 is 33.2 Å². The SMILES string of the molecule is CCC(C)C(N)C(=O)NC(CC(=O)O)C(=O)NC(CCCN=C(N)N)C(=O)NC(Cc1ccc(O)cc1)C(=O)O. The van der Waals surface area contributed by atoms with Crippen LogP contribution in [0.25, 0.3) is 0 Å². The minimum atomic E-state index is -1.56. The molecule has 0 heterocycles. The highest BCUT2D eigenvalue weighted by Crippen LogP contribution is 2.12. The van der Waals surface area contributed by atoms with Crippen molar-refractivity contribution in [3.63, 3.8) is 0 Å². The lowest BCUT2D eigenvalue weighted by molar-refractivity contribution is -0.143. The number of amides is 3. The molecule has 0 radical (unpaired) electrons. The van der Waals surface area contributed by atoms with E-state index in [0.717, 1.165) is 0 Å². The van der Waals surface area contributed by atoms with E-state index in [9.17, 15) is 39.3 Å². The molecule has 0 saturated heterocycles. The van der Waals surface area contributed by atoms with Crippen molar-refractivity contribution in [2.75, 3.05) is 6.54 Å². The molecule has 15 nitrogen and oxygen atoms in total. The van der Waals surface area contributed by atoms with Crippen LogP contribution >= 0.6 is 0 Å². The maximum atomic E-state index is 13.1. The Balaban J connectivity index is 3.11. The van der Waals surface area contributed by atoms with Crippen LogP contribution in [0.5, 0.6) is 5.75 Å². The molecule has 0 aliphatic rings. The van der Waals surface area contributed by atoms with E-state index in [-0.39, 0.29) is 43.4 Å². The molecule has 222 valence electrons. The highest BCUT2D eigenvalue weighted by Gasteiger charge is 2.32. The average Bonchev–Trinajstić information content (AvgIpc) is 2.89. The Morgan fingerprint density at radius 1 is 0.900 bits per heavy atom. The number of carboxylic acids is 2. The molecule has 0 aliphatic heterocycles. The van der Waals surface area contributed by atoms with Crippen LogP contribution in [0.4, 0.5) is 0 Å². The summed E-state index contributed by atoms with van der Waals surface area (Å²) in [7, 11) is 0. The molecule has 15 heteroatoms. The van der Waals surface area contributed by atoms with Gasteiger partial charge in [0.05, 0.1) is 12.5 Å². The lowest BCUT2D eigenvalue weighted by atomic mass is 9.99. The molecule has 0 saturated carbocycles. The van der Waals surface area contributed by atoms with Crippen LogP contribution in [0, 0.1) is 5.92 Å². The number of carbonyl (C=O) groups is 5. The molecule has 5 atom stereocenters. The van der Waals surface area contributed by atoms with Crippen molar-refractivity contribution >= 4 is 35.6 Å². The summed E-state index contributed by atoms with van der Waals surface area (Å²) in [6.07, 6.45) is -0.189. The van der Waals surface area contributed by atoms with Crippen molar-refractivity contribution in [1.82, 2.24) is 16.0 Å². The summed E-state index contributed by atoms with van der Waals surface area (Å²) in [4.78, 5) is 65.8. The molecular weight excluding hydrogens is 526 g/mol. The van der Waals surface area contributed by atoms with Gasteiger partial charge in [0, 0.05) is 13.0 Å². The molecule has 40 heavy (non-hydrogen) atoms. The van der Waals surface area contributed by atoms with Crippen molar-refractivity contribution in [2.24, 2.45) is 28.1 Å². The van der Waals surface area contributed by atoms with E-state index in [1.807, 2.05) is 6.92 Å². The second-order valence-corrected chi connectivity index (χ2v) is 9.35. The lowest BCUT2D eigenvalue weighted by Gasteiger charge is -2.25. The van der Waals surface area contributed by atoms with Crippen molar-refractivity contribution < 1.29 is 39.3 Å². The van der Waals surface area contributed by atoms with Crippen LogP contribution in [-0.4, -0.2) is 81.7 Å². The van der Waals surface area contributed by atoms with Gasteiger partial charge >= 0.3 is 11.9 Å². The van der Waals surface area contributed by atoms with Crippen LogP contribution in [0.1, 0.15) is 45.1 Å². The zero-order valence-corrected chi connectivity index (χ0v) is 22.5. The van der Waals surface area contributed by atoms with Crippen LogP contribution in [-0.2, 0) is 30.4 Å². The second-order valence-electron chi connectivity index (χ2n) is 9.35. The van der Waals surface area contributed by atoms with Crippen molar-refractivity contribution in [3.8, 4) is 5.75 Å². The number of aliphatic imine (C=N–C) groups is 1. The molecule has 12 N–H and O–H groups in total. The van der Waals surface area contributed by atoms with E-state index in [1.54, 1.807) is 6.92 Å². The monoisotopic (exact) mass is 565 g/mol. The number of aromatic hydroxyl groups is 1. The highest BCUT2D eigenvalue weighted by molar-refractivity contribution is 5.95. The number of phenols is 1. The van der Waals surface area contributed by atoms with Crippen LogP contribution in [0.15, 0.2) is 29.3 Å². The predicted octanol–water partition coefficient (Wildman–Crippen LogP) is -1.62. The Bertz CT molecular complexity index is 1060. The molecule has 1 aromatic rings. The van der Waals surface area contributed by atoms with Gasteiger partial charge in [-0.2, -0.15) is 0 Å². The van der Waals surface area contributed by atoms with Gasteiger partial charge < -0.3 is 48.5 Å². The zero-order valence-electron chi connectivity index (χ0n) is 22.5. The number of nitrogens with zero attached hydrogens (tertiary/aromatic N) is 1. The molecule has 5 unspecified atom stereocenters. The first-order valence-electron chi connectivity index (χ1n) is 12.7. The summed E-state index contributed by atoms with van der Waals surface area (Å²) in [5, 5.41) is 35.5. The first kappa shape index (κ1) is 33.6. The second kappa shape index (κ2) is 16.5. The van der Waals surface area contributed by atoms with E-state index in [2.05, 4.69) is 20.9 Å². The number of rotatable bonds is 17. The summed E-state index contributed by atoms with van der Waals surface area (Å²) < 4.78 is 0. The van der Waals surface area contributed by atoms with Gasteiger partial charge in [-0.15, -0.1) is 0 Å². The normalized spacial score (nSPS) is 14.5. The summed E-state index contributed by atoms with van der Waals surface area (Å²) in [5.41, 5.74) is 17.0. The molecule has 3 amide bonds. The summed E-state index contributed by atoms with van der Waals surface area (Å²) in [6.45, 7) is 3.64. The Morgan fingerprint density at radius 2 is 1.45 bits per heavy atom. The maximum absolute atomic E-state index is 13.1. The topological polar surface area (TPSA) is 273 Å².